The number of benzene rings is 1. The molecule has 0 radical (unpaired) electrons. The van der Waals surface area contributed by atoms with E-state index in [9.17, 15) is 0 Å². The van der Waals surface area contributed by atoms with Gasteiger partial charge in [-0.25, -0.2) is 0 Å². The van der Waals surface area contributed by atoms with E-state index in [1.165, 1.54) is 8.93 Å². The van der Waals surface area contributed by atoms with Crippen LogP contribution in [0.5, 0.6) is 0 Å². The first-order valence-electron chi connectivity index (χ1n) is 6.04. The van der Waals surface area contributed by atoms with Gasteiger partial charge in [-0.15, -0.1) is 0 Å². The second-order valence-electron chi connectivity index (χ2n) is 4.55. The first-order valence-corrected chi connectivity index (χ1v) is 7.76. The van der Waals surface area contributed by atoms with E-state index in [1.807, 2.05) is 6.26 Å². The van der Waals surface area contributed by atoms with E-state index >= 15 is 0 Å². The van der Waals surface area contributed by atoms with Crippen LogP contribution in [-0.2, 0) is 9.47 Å². The van der Waals surface area contributed by atoms with E-state index in [0.717, 1.165) is 13.0 Å². The monoisotopic (exact) mass is 296 g/mol. The molecule has 1 saturated heterocycles. The summed E-state index contributed by atoms with van der Waals surface area (Å²) in [5.74, 6) is 1.15. The minimum atomic E-state index is 0.0142. The number of hydrogen-bond acceptors (Lipinski definition) is 2. The quantitative estimate of drug-likeness (QED) is 0.776. The third-order valence-electron chi connectivity index (χ3n) is 3.47. The number of hydrogen-bond donors (Lipinski definition) is 0. The molecule has 3 heteroatoms. The van der Waals surface area contributed by atoms with E-state index < -0.39 is 0 Å². The van der Waals surface area contributed by atoms with Gasteiger partial charge in [0.2, 0.25) is 0 Å². The molecule has 17 heavy (non-hydrogen) atoms. The fraction of sp³-hybridized carbons (Fsp3) is 0.429. The Morgan fingerprint density at radius 1 is 1.24 bits per heavy atom. The second kappa shape index (κ2) is 4.85. The summed E-state index contributed by atoms with van der Waals surface area (Å²) in [5.41, 5.74) is 0. The Labute approximate surface area is 108 Å². The molecule has 2 aliphatic heterocycles. The molecule has 2 heterocycles. The van der Waals surface area contributed by atoms with Crippen molar-refractivity contribution in [2.75, 3.05) is 6.61 Å². The predicted octanol–water partition coefficient (Wildman–Crippen LogP) is 1.89. The van der Waals surface area contributed by atoms with Crippen LogP contribution in [0.4, 0.5) is 0 Å². The van der Waals surface area contributed by atoms with Crippen molar-refractivity contribution < 1.29 is 9.47 Å². The van der Waals surface area contributed by atoms with Gasteiger partial charge in [0.25, 0.3) is 0 Å². The zero-order valence-corrected chi connectivity index (χ0v) is 11.5. The molecule has 0 bridgehead atoms. The number of rotatable bonds is 2. The van der Waals surface area contributed by atoms with Gasteiger partial charge in [0.15, 0.2) is 0 Å². The second-order valence-corrected chi connectivity index (χ2v) is 6.96. The van der Waals surface area contributed by atoms with Crippen LogP contribution in [0.2, 0.25) is 0 Å². The van der Waals surface area contributed by atoms with Crippen molar-refractivity contribution in [2.24, 2.45) is 11.8 Å². The van der Waals surface area contributed by atoms with Gasteiger partial charge in [-0.1, -0.05) is 0 Å². The molecular weight excluding hydrogens is 279 g/mol. The van der Waals surface area contributed by atoms with Crippen LogP contribution < -0.4 is 4.46 Å². The van der Waals surface area contributed by atoms with E-state index in [4.69, 9.17) is 9.47 Å². The summed E-state index contributed by atoms with van der Waals surface area (Å²) in [5, 5.41) is 0. The maximum absolute atomic E-state index is 5.69. The molecule has 3 atom stereocenters. The molecule has 2 aliphatic rings. The molecule has 1 aromatic carbocycles. The Balaban J connectivity index is 1.75. The first-order chi connectivity index (χ1) is 8.34. The summed E-state index contributed by atoms with van der Waals surface area (Å²) in [6, 6.07) is 10.7. The van der Waals surface area contributed by atoms with Crippen molar-refractivity contribution in [3.8, 4) is 0 Å². The van der Waals surface area contributed by atoms with Crippen molar-refractivity contribution in [1.82, 2.24) is 0 Å². The summed E-state index contributed by atoms with van der Waals surface area (Å²) in [6.45, 7) is 3.16. The molecular formula is C14H16O2Se. The Bertz CT molecular complexity index is 415. The minimum absolute atomic E-state index is 0.0142. The van der Waals surface area contributed by atoms with Crippen LogP contribution in [0.3, 0.4) is 0 Å². The van der Waals surface area contributed by atoms with Crippen molar-refractivity contribution in [2.45, 2.75) is 19.6 Å². The first kappa shape index (κ1) is 11.3. The van der Waals surface area contributed by atoms with Crippen LogP contribution in [0.1, 0.15) is 13.3 Å². The predicted molar refractivity (Wildman–Crippen MR) is 68.0 cm³/mol. The van der Waals surface area contributed by atoms with E-state index in [0.29, 0.717) is 26.8 Å². The number of ether oxygens (including phenoxy) is 2. The van der Waals surface area contributed by atoms with Crippen LogP contribution >= 0.6 is 0 Å². The normalized spacial score (nSPS) is 31.6. The van der Waals surface area contributed by atoms with Gasteiger partial charge in [0.1, 0.15) is 0 Å². The molecule has 2 nitrogen and oxygen atoms in total. The SMILES string of the molecule is C[C@H]1C([Se]c2ccccc2)=CO[C@H]2OCC[C@H]21. The van der Waals surface area contributed by atoms with Gasteiger partial charge in [-0.2, -0.15) is 0 Å². The standard InChI is InChI=1S/C14H16O2Se/c1-10-12-7-8-15-14(12)16-9-13(10)17-11-5-3-2-4-6-11/h2-6,9-10,12,14H,7-8H2,1H3/t10-,12+,14-/m1/s1. The van der Waals surface area contributed by atoms with Crippen molar-refractivity contribution in [3.63, 3.8) is 0 Å². The molecule has 0 amide bonds. The molecule has 0 aromatic heterocycles. The fourth-order valence-corrected chi connectivity index (χ4v) is 4.56. The average Bonchev–Trinajstić information content (AvgIpc) is 2.83. The molecule has 0 unspecified atom stereocenters. The van der Waals surface area contributed by atoms with Gasteiger partial charge in [0, 0.05) is 0 Å². The zero-order chi connectivity index (χ0) is 11.7. The summed E-state index contributed by atoms with van der Waals surface area (Å²) in [7, 11) is 0. The Morgan fingerprint density at radius 2 is 2.06 bits per heavy atom. The van der Waals surface area contributed by atoms with Crippen molar-refractivity contribution in [3.05, 3.63) is 41.1 Å². The molecule has 1 fully saturated rings. The summed E-state index contributed by atoms with van der Waals surface area (Å²) >= 11 is 0.383. The fourth-order valence-electron chi connectivity index (χ4n) is 2.40. The summed E-state index contributed by atoms with van der Waals surface area (Å²) in [6.07, 6.45) is 3.10. The molecule has 0 N–H and O–H groups in total. The van der Waals surface area contributed by atoms with Gasteiger partial charge < -0.3 is 0 Å². The van der Waals surface area contributed by atoms with Crippen LogP contribution in [0.25, 0.3) is 0 Å². The summed E-state index contributed by atoms with van der Waals surface area (Å²) in [4.78, 5) is 0. The van der Waals surface area contributed by atoms with E-state index in [2.05, 4.69) is 37.3 Å². The van der Waals surface area contributed by atoms with Gasteiger partial charge >= 0.3 is 108 Å². The molecule has 1 aromatic rings. The van der Waals surface area contributed by atoms with Crippen LogP contribution in [-0.4, -0.2) is 27.9 Å². The van der Waals surface area contributed by atoms with E-state index in [1.54, 1.807) is 0 Å². The number of allylic oxidation sites excluding steroid dienone is 1. The third-order valence-corrected chi connectivity index (χ3v) is 6.01. The molecule has 0 spiro atoms. The van der Waals surface area contributed by atoms with Gasteiger partial charge in [-0.3, -0.25) is 0 Å². The average molecular weight is 295 g/mol. The molecule has 0 aliphatic carbocycles. The molecule has 90 valence electrons. The Kier molecular flexibility index (Phi) is 3.23. The van der Waals surface area contributed by atoms with Gasteiger partial charge in [0.05, 0.1) is 0 Å². The van der Waals surface area contributed by atoms with Crippen molar-refractivity contribution in [1.29, 1.82) is 0 Å². The van der Waals surface area contributed by atoms with Crippen molar-refractivity contribution >= 4 is 19.4 Å². The van der Waals surface area contributed by atoms with Crippen LogP contribution in [0, 0.1) is 11.8 Å². The van der Waals surface area contributed by atoms with E-state index in [-0.39, 0.29) is 6.29 Å². The molecule has 3 rings (SSSR count). The van der Waals surface area contributed by atoms with Gasteiger partial charge in [-0.05, 0) is 0 Å². The zero-order valence-electron chi connectivity index (χ0n) is 9.84. The summed E-state index contributed by atoms with van der Waals surface area (Å²) < 4.78 is 14.1. The Morgan fingerprint density at radius 3 is 2.88 bits per heavy atom. The molecule has 0 saturated carbocycles. The maximum atomic E-state index is 5.69. The van der Waals surface area contributed by atoms with Crippen LogP contribution in [0.15, 0.2) is 41.1 Å². The third kappa shape index (κ3) is 2.28. The number of fused-ring (bicyclic) bond motifs is 1. The Hall–Kier alpha value is -0.761. The topological polar surface area (TPSA) is 18.5 Å².